The number of aromatic nitrogens is 3. The Morgan fingerprint density at radius 1 is 1.00 bits per heavy atom. The lowest BCUT2D eigenvalue weighted by Gasteiger charge is -2.48. The molecule has 4 aromatic rings. The van der Waals surface area contributed by atoms with Crippen LogP contribution in [0.2, 0.25) is 0 Å². The van der Waals surface area contributed by atoms with Gasteiger partial charge >= 0.3 is 6.09 Å². The molecular formula is C35H43FN6O4. The Balaban J connectivity index is 1.18. The zero-order chi connectivity index (χ0) is 32.6. The van der Waals surface area contributed by atoms with E-state index < -0.39 is 23.7 Å². The van der Waals surface area contributed by atoms with Gasteiger partial charge < -0.3 is 24.7 Å². The first kappa shape index (κ1) is 31.6. The number of rotatable bonds is 7. The van der Waals surface area contributed by atoms with Crippen molar-refractivity contribution < 1.29 is 24.1 Å². The van der Waals surface area contributed by atoms with E-state index in [2.05, 4.69) is 20.9 Å². The summed E-state index contributed by atoms with van der Waals surface area (Å²) in [4.78, 5) is 22.1. The molecule has 2 fully saturated rings. The van der Waals surface area contributed by atoms with Crippen molar-refractivity contribution >= 4 is 22.7 Å². The number of hydrogen-bond donors (Lipinski definition) is 2. The number of likely N-dealkylation sites (tertiary alicyclic amines) is 1. The minimum atomic E-state index is -1.21. The Hall–Kier alpha value is -4.38. The zero-order valence-electron chi connectivity index (χ0n) is 26.9. The fourth-order valence-corrected chi connectivity index (χ4v) is 7.11. The van der Waals surface area contributed by atoms with E-state index in [1.54, 1.807) is 12.1 Å². The van der Waals surface area contributed by atoms with E-state index in [4.69, 9.17) is 9.84 Å². The van der Waals surface area contributed by atoms with E-state index >= 15 is 4.39 Å². The van der Waals surface area contributed by atoms with Crippen molar-refractivity contribution in [3.63, 3.8) is 0 Å². The van der Waals surface area contributed by atoms with Crippen LogP contribution in [0.1, 0.15) is 32.8 Å². The molecule has 10 nitrogen and oxygen atoms in total. The molecule has 46 heavy (non-hydrogen) atoms. The summed E-state index contributed by atoms with van der Waals surface area (Å²) in [6, 6.07) is 18.7. The summed E-state index contributed by atoms with van der Waals surface area (Å²) < 4.78 is 23.9. The Morgan fingerprint density at radius 3 is 2.43 bits per heavy atom. The number of amides is 1. The molecule has 2 saturated heterocycles. The maximum atomic E-state index is 15.9. The molecule has 2 aromatic heterocycles. The van der Waals surface area contributed by atoms with Gasteiger partial charge in [-0.1, -0.05) is 63.2 Å². The van der Waals surface area contributed by atoms with Gasteiger partial charge in [0.05, 0.1) is 22.8 Å². The lowest BCUT2D eigenvalue weighted by molar-refractivity contribution is -0.0305. The van der Waals surface area contributed by atoms with Crippen LogP contribution in [0.3, 0.4) is 0 Å². The highest BCUT2D eigenvalue weighted by Gasteiger charge is 2.46. The number of piperidine rings is 1. The molecule has 0 aliphatic carbocycles. The average molecular weight is 631 g/mol. The molecule has 3 atom stereocenters. The van der Waals surface area contributed by atoms with Gasteiger partial charge in [0, 0.05) is 63.7 Å². The van der Waals surface area contributed by atoms with Crippen molar-refractivity contribution in [1.29, 1.82) is 0 Å². The van der Waals surface area contributed by atoms with Crippen LogP contribution < -0.4 is 9.64 Å². The lowest BCUT2D eigenvalue weighted by Crippen LogP contribution is -2.60. The molecular weight excluding hydrogens is 587 g/mol. The number of aryl methyl sites for hydroxylation is 1. The Morgan fingerprint density at radius 2 is 1.74 bits per heavy atom. The van der Waals surface area contributed by atoms with Crippen LogP contribution in [0.15, 0.2) is 60.7 Å². The van der Waals surface area contributed by atoms with Crippen LogP contribution >= 0.6 is 0 Å². The molecule has 2 aromatic carbocycles. The summed E-state index contributed by atoms with van der Waals surface area (Å²) >= 11 is 0. The summed E-state index contributed by atoms with van der Waals surface area (Å²) in [7, 11) is 1.93. The largest absolute Gasteiger partial charge is 0.493 e. The number of halogens is 1. The molecule has 2 aliphatic rings. The van der Waals surface area contributed by atoms with E-state index in [1.165, 1.54) is 4.90 Å². The molecule has 0 saturated carbocycles. The van der Waals surface area contributed by atoms with E-state index in [1.807, 2.05) is 75.0 Å². The summed E-state index contributed by atoms with van der Waals surface area (Å²) in [5.74, 6) is -0.00496. The molecule has 2 N–H and O–H groups in total. The molecule has 11 heteroatoms. The predicted molar refractivity (Wildman–Crippen MR) is 176 cm³/mol. The van der Waals surface area contributed by atoms with Gasteiger partial charge in [0.1, 0.15) is 18.5 Å². The Labute approximate surface area is 269 Å². The lowest BCUT2D eigenvalue weighted by atomic mass is 9.75. The number of ether oxygens (including phenoxy) is 1. The van der Waals surface area contributed by atoms with Crippen LogP contribution in [-0.2, 0) is 13.7 Å². The highest BCUT2D eigenvalue weighted by molar-refractivity contribution is 6.01. The monoisotopic (exact) mass is 630 g/mol. The summed E-state index contributed by atoms with van der Waals surface area (Å²) in [6.45, 7) is 10.2. The number of benzene rings is 2. The molecule has 1 amide bonds. The molecule has 244 valence electrons. The molecule has 0 spiro atoms. The van der Waals surface area contributed by atoms with Gasteiger partial charge in [-0.15, -0.1) is 0 Å². The van der Waals surface area contributed by atoms with Gasteiger partial charge in [0.25, 0.3) is 0 Å². The molecule has 0 radical (unpaired) electrons. The van der Waals surface area contributed by atoms with Gasteiger partial charge in [0.15, 0.2) is 0 Å². The number of anilines is 1. The van der Waals surface area contributed by atoms with Crippen molar-refractivity contribution in [2.24, 2.45) is 18.4 Å². The molecule has 3 unspecified atom stereocenters. The third-order valence-corrected chi connectivity index (χ3v) is 9.33. The van der Waals surface area contributed by atoms with E-state index in [0.29, 0.717) is 37.6 Å². The van der Waals surface area contributed by atoms with Crippen LogP contribution in [0.5, 0.6) is 11.8 Å². The Kier molecular flexibility index (Phi) is 8.78. The molecule has 0 bridgehead atoms. The number of nitrogens with zero attached hydrogens (tertiary/aromatic N) is 6. The smallest absolute Gasteiger partial charge is 0.407 e. The maximum absolute atomic E-state index is 15.9. The summed E-state index contributed by atoms with van der Waals surface area (Å²) in [5.41, 5.74) is 4.00. The standard InChI is InChI=1S/C35H43FN6O4/c1-35(2,3)32-29(36)24(15-16-42(32)34(44)45)21-40-17-19-41(20-18-40)27-12-8-11-25-30(38-39(4)31(25)27)26-13-14-28(43)37-33(26)46-22-23-9-6-5-7-10-23/h5-14,24,29,32H,15-22H2,1-4H3,(H,37,43)(H,44,45). The number of pyridine rings is 1. The minimum Gasteiger partial charge on any atom is -0.493 e. The highest BCUT2D eigenvalue weighted by Crippen LogP contribution is 2.39. The van der Waals surface area contributed by atoms with Crippen molar-refractivity contribution in [1.82, 2.24) is 24.6 Å². The second-order valence-electron chi connectivity index (χ2n) is 13.5. The van der Waals surface area contributed by atoms with Crippen molar-refractivity contribution in [2.45, 2.75) is 46.0 Å². The quantitative estimate of drug-likeness (QED) is 0.264. The molecule has 6 rings (SSSR count). The fraction of sp³-hybridized carbons (Fsp3) is 0.457. The van der Waals surface area contributed by atoms with Crippen molar-refractivity contribution in [3.8, 4) is 23.0 Å². The van der Waals surface area contributed by atoms with Crippen LogP contribution in [0.25, 0.3) is 22.2 Å². The van der Waals surface area contributed by atoms with Gasteiger partial charge in [-0.25, -0.2) is 9.18 Å². The van der Waals surface area contributed by atoms with Gasteiger partial charge in [-0.3, -0.25) is 9.58 Å². The average Bonchev–Trinajstić information content (AvgIpc) is 3.37. The van der Waals surface area contributed by atoms with Crippen LogP contribution in [0.4, 0.5) is 14.9 Å². The fourth-order valence-electron chi connectivity index (χ4n) is 7.11. The zero-order valence-corrected chi connectivity index (χ0v) is 26.9. The number of para-hydroxylation sites is 1. The van der Waals surface area contributed by atoms with Crippen LogP contribution in [-0.4, -0.2) is 92.4 Å². The number of aromatic hydroxyl groups is 1. The van der Waals surface area contributed by atoms with E-state index in [9.17, 15) is 15.0 Å². The molecule has 2 aliphatic heterocycles. The van der Waals surface area contributed by atoms with E-state index in [-0.39, 0.29) is 11.8 Å². The number of piperazine rings is 1. The number of carbonyl (C=O) groups is 1. The second-order valence-corrected chi connectivity index (χ2v) is 13.5. The van der Waals surface area contributed by atoms with Crippen LogP contribution in [0, 0.1) is 11.3 Å². The highest BCUT2D eigenvalue weighted by atomic mass is 19.1. The van der Waals surface area contributed by atoms with Crippen molar-refractivity contribution in [2.75, 3.05) is 44.2 Å². The third kappa shape index (κ3) is 6.33. The van der Waals surface area contributed by atoms with Gasteiger partial charge in [-0.2, -0.15) is 10.1 Å². The van der Waals surface area contributed by atoms with Gasteiger partial charge in [-0.05, 0) is 29.5 Å². The Bertz CT molecular complexity index is 1680. The maximum Gasteiger partial charge on any atom is 0.407 e. The summed E-state index contributed by atoms with van der Waals surface area (Å²) in [6.07, 6.45) is -1.72. The number of alkyl halides is 1. The first-order valence-electron chi connectivity index (χ1n) is 15.9. The number of carboxylic acid groups (broad SMARTS) is 1. The van der Waals surface area contributed by atoms with Crippen molar-refractivity contribution in [3.05, 3.63) is 66.2 Å². The predicted octanol–water partition coefficient (Wildman–Crippen LogP) is 5.79. The SMILES string of the molecule is Cn1nc(-c2ccc(O)nc2OCc2ccccc2)c2cccc(N3CCN(CC4CCN(C(=O)O)C(C(C)(C)C)C4F)CC3)c21. The third-order valence-electron chi connectivity index (χ3n) is 9.33. The first-order chi connectivity index (χ1) is 22.0. The number of fused-ring (bicyclic) bond motifs is 1. The number of hydrogen-bond acceptors (Lipinski definition) is 7. The normalized spacial score (nSPS) is 21.1. The summed E-state index contributed by atoms with van der Waals surface area (Å²) in [5, 5.41) is 25.7. The molecule has 4 heterocycles. The second kappa shape index (κ2) is 12.8. The topological polar surface area (TPSA) is 107 Å². The van der Waals surface area contributed by atoms with E-state index in [0.717, 1.165) is 54.0 Å². The van der Waals surface area contributed by atoms with Gasteiger partial charge in [0.2, 0.25) is 11.8 Å². The minimum absolute atomic E-state index is 0.119. The first-order valence-corrected chi connectivity index (χ1v) is 15.9.